The maximum atomic E-state index is 12.7. The molecule has 1 saturated heterocycles. The number of carbonyl (C=O) groups is 1. The molecule has 5 heteroatoms. The number of anilines is 1. The van der Waals surface area contributed by atoms with E-state index in [9.17, 15) is 10.1 Å². The number of carbonyl (C=O) groups excluding carboxylic acids is 1. The van der Waals surface area contributed by atoms with E-state index in [-0.39, 0.29) is 11.5 Å². The van der Waals surface area contributed by atoms with E-state index in [0.29, 0.717) is 13.1 Å². The fourth-order valence-corrected chi connectivity index (χ4v) is 2.99. The molecule has 0 radical (unpaired) electrons. The van der Waals surface area contributed by atoms with Gasteiger partial charge in [-0.05, 0) is 35.9 Å². The zero-order chi connectivity index (χ0) is 18.4. The van der Waals surface area contributed by atoms with Crippen molar-refractivity contribution in [1.82, 2.24) is 4.90 Å². The van der Waals surface area contributed by atoms with Crippen LogP contribution in [0.2, 0.25) is 0 Å². The Morgan fingerprint density at radius 2 is 1.69 bits per heavy atom. The molecule has 0 spiro atoms. The Hall–Kier alpha value is -3.26. The highest BCUT2D eigenvalue weighted by atomic mass is 16.5. The number of nitrogens with zero attached hydrogens (tertiary/aromatic N) is 3. The second-order valence-corrected chi connectivity index (χ2v) is 6.06. The lowest BCUT2D eigenvalue weighted by Gasteiger charge is -2.36. The van der Waals surface area contributed by atoms with E-state index >= 15 is 0 Å². The van der Waals surface area contributed by atoms with Gasteiger partial charge >= 0.3 is 0 Å². The molecule has 0 bridgehead atoms. The van der Waals surface area contributed by atoms with Gasteiger partial charge in [-0.1, -0.05) is 30.3 Å². The second-order valence-electron chi connectivity index (χ2n) is 6.06. The highest BCUT2D eigenvalue weighted by Gasteiger charge is 2.23. The van der Waals surface area contributed by atoms with Gasteiger partial charge in [0.05, 0.1) is 7.11 Å². The number of benzene rings is 2. The minimum absolute atomic E-state index is 0.156. The number of hydrogen-bond acceptors (Lipinski definition) is 4. The van der Waals surface area contributed by atoms with Crippen LogP contribution in [0, 0.1) is 11.3 Å². The monoisotopic (exact) mass is 347 g/mol. The van der Waals surface area contributed by atoms with E-state index in [1.54, 1.807) is 18.1 Å². The Labute approximate surface area is 153 Å². The third-order valence-electron chi connectivity index (χ3n) is 4.47. The van der Waals surface area contributed by atoms with Crippen LogP contribution in [0.15, 0.2) is 60.2 Å². The maximum Gasteiger partial charge on any atom is 0.264 e. The number of hydrogen-bond donors (Lipinski definition) is 0. The van der Waals surface area contributed by atoms with Crippen LogP contribution < -0.4 is 9.64 Å². The zero-order valence-electron chi connectivity index (χ0n) is 14.8. The first-order chi connectivity index (χ1) is 12.7. The summed E-state index contributed by atoms with van der Waals surface area (Å²) in [5.41, 5.74) is 2.12. The number of ether oxygens (including phenoxy) is 1. The molecule has 0 unspecified atom stereocenters. The first-order valence-electron chi connectivity index (χ1n) is 8.56. The van der Waals surface area contributed by atoms with Crippen LogP contribution in [0.4, 0.5) is 5.69 Å². The minimum Gasteiger partial charge on any atom is -0.497 e. The van der Waals surface area contributed by atoms with Crippen LogP contribution in [0.25, 0.3) is 6.08 Å². The number of para-hydroxylation sites is 1. The molecule has 0 atom stereocenters. The van der Waals surface area contributed by atoms with E-state index in [2.05, 4.69) is 17.0 Å². The van der Waals surface area contributed by atoms with Crippen molar-refractivity contribution in [2.75, 3.05) is 38.2 Å². The molecule has 0 aliphatic carbocycles. The van der Waals surface area contributed by atoms with Crippen molar-refractivity contribution in [3.63, 3.8) is 0 Å². The van der Waals surface area contributed by atoms with Crippen molar-refractivity contribution >= 4 is 17.7 Å². The average Bonchev–Trinajstić information content (AvgIpc) is 2.72. The normalized spacial score (nSPS) is 14.7. The summed E-state index contributed by atoms with van der Waals surface area (Å²) in [4.78, 5) is 16.7. The van der Waals surface area contributed by atoms with Crippen molar-refractivity contribution < 1.29 is 9.53 Å². The van der Waals surface area contributed by atoms with Gasteiger partial charge in [0.15, 0.2) is 0 Å². The van der Waals surface area contributed by atoms with Crippen LogP contribution in [-0.2, 0) is 4.79 Å². The van der Waals surface area contributed by atoms with E-state index < -0.39 is 0 Å². The molecule has 1 heterocycles. The van der Waals surface area contributed by atoms with Gasteiger partial charge in [-0.2, -0.15) is 5.26 Å². The Kier molecular flexibility index (Phi) is 5.55. The van der Waals surface area contributed by atoms with Gasteiger partial charge in [-0.3, -0.25) is 4.79 Å². The molecule has 1 fully saturated rings. The van der Waals surface area contributed by atoms with Crippen LogP contribution >= 0.6 is 0 Å². The summed E-state index contributed by atoms with van der Waals surface area (Å²) in [6.45, 7) is 2.73. The fourth-order valence-electron chi connectivity index (χ4n) is 2.99. The smallest absolute Gasteiger partial charge is 0.264 e. The van der Waals surface area contributed by atoms with E-state index in [0.717, 1.165) is 30.1 Å². The van der Waals surface area contributed by atoms with Gasteiger partial charge in [-0.15, -0.1) is 0 Å². The van der Waals surface area contributed by atoms with Gasteiger partial charge in [0.1, 0.15) is 17.4 Å². The fraction of sp³-hybridized carbons (Fsp3) is 0.238. The molecular formula is C21H21N3O2. The minimum atomic E-state index is -0.212. The van der Waals surface area contributed by atoms with Crippen molar-refractivity contribution in [2.24, 2.45) is 0 Å². The molecule has 0 N–H and O–H groups in total. The molecule has 1 aliphatic rings. The molecule has 132 valence electrons. The highest BCUT2D eigenvalue weighted by Crippen LogP contribution is 2.18. The van der Waals surface area contributed by atoms with E-state index in [1.165, 1.54) is 0 Å². The first kappa shape index (κ1) is 17.6. The number of nitriles is 1. The van der Waals surface area contributed by atoms with Crippen LogP contribution in [0.1, 0.15) is 5.56 Å². The molecule has 0 saturated carbocycles. The van der Waals surface area contributed by atoms with Crippen molar-refractivity contribution in [1.29, 1.82) is 5.26 Å². The Balaban J connectivity index is 1.66. The SMILES string of the molecule is COc1ccc(/C=C(/C#N)C(=O)N2CCN(c3ccccc3)CC2)cc1. The Morgan fingerprint density at radius 3 is 2.27 bits per heavy atom. The summed E-state index contributed by atoms with van der Waals surface area (Å²) in [6.07, 6.45) is 1.63. The summed E-state index contributed by atoms with van der Waals surface area (Å²) >= 11 is 0. The van der Waals surface area contributed by atoms with Crippen molar-refractivity contribution in [3.05, 3.63) is 65.7 Å². The van der Waals surface area contributed by atoms with Crippen molar-refractivity contribution in [3.8, 4) is 11.8 Å². The highest BCUT2D eigenvalue weighted by molar-refractivity contribution is 6.01. The number of amides is 1. The van der Waals surface area contributed by atoms with Gasteiger partial charge in [0.2, 0.25) is 0 Å². The third-order valence-corrected chi connectivity index (χ3v) is 4.47. The lowest BCUT2D eigenvalue weighted by atomic mass is 10.1. The van der Waals surface area contributed by atoms with Crippen LogP contribution in [0.3, 0.4) is 0 Å². The van der Waals surface area contributed by atoms with Gasteiger partial charge in [-0.25, -0.2) is 0 Å². The maximum absolute atomic E-state index is 12.7. The molecule has 2 aromatic rings. The van der Waals surface area contributed by atoms with Gasteiger partial charge in [0.25, 0.3) is 5.91 Å². The molecule has 0 aromatic heterocycles. The zero-order valence-corrected chi connectivity index (χ0v) is 14.8. The van der Waals surface area contributed by atoms with Crippen molar-refractivity contribution in [2.45, 2.75) is 0 Å². The number of rotatable bonds is 4. The largest absolute Gasteiger partial charge is 0.497 e. The molecule has 1 amide bonds. The average molecular weight is 347 g/mol. The van der Waals surface area contributed by atoms with Gasteiger partial charge in [0, 0.05) is 31.9 Å². The lowest BCUT2D eigenvalue weighted by Crippen LogP contribution is -2.49. The Bertz CT molecular complexity index is 815. The molecular weight excluding hydrogens is 326 g/mol. The number of piperazine rings is 1. The predicted octanol–water partition coefficient (Wildman–Crippen LogP) is 2.95. The second kappa shape index (κ2) is 8.21. The molecule has 3 rings (SSSR count). The Morgan fingerprint density at radius 1 is 1.04 bits per heavy atom. The summed E-state index contributed by atoms with van der Waals surface area (Å²) in [7, 11) is 1.60. The topological polar surface area (TPSA) is 56.6 Å². The van der Waals surface area contributed by atoms with Crippen LogP contribution in [0.5, 0.6) is 5.75 Å². The standard InChI is InChI=1S/C21H21N3O2/c1-26-20-9-7-17(8-10-20)15-18(16-22)21(25)24-13-11-23(12-14-24)19-5-3-2-4-6-19/h2-10,15H,11-14H2,1H3/b18-15-. The van der Waals surface area contributed by atoms with E-state index in [4.69, 9.17) is 4.74 Å². The van der Waals surface area contributed by atoms with Crippen LogP contribution in [-0.4, -0.2) is 44.1 Å². The van der Waals surface area contributed by atoms with E-state index in [1.807, 2.05) is 48.5 Å². The number of methoxy groups -OCH3 is 1. The quantitative estimate of drug-likeness (QED) is 0.630. The van der Waals surface area contributed by atoms with Gasteiger partial charge < -0.3 is 14.5 Å². The summed E-state index contributed by atoms with van der Waals surface area (Å²) < 4.78 is 5.12. The third kappa shape index (κ3) is 4.04. The summed E-state index contributed by atoms with van der Waals surface area (Å²) in [5, 5.41) is 9.42. The lowest BCUT2D eigenvalue weighted by molar-refractivity contribution is -0.126. The molecule has 2 aromatic carbocycles. The molecule has 26 heavy (non-hydrogen) atoms. The summed E-state index contributed by atoms with van der Waals surface area (Å²) in [5.74, 6) is 0.528. The molecule has 1 aliphatic heterocycles. The summed E-state index contributed by atoms with van der Waals surface area (Å²) in [6, 6.07) is 19.5. The molecule has 5 nitrogen and oxygen atoms in total. The first-order valence-corrected chi connectivity index (χ1v) is 8.56. The predicted molar refractivity (Wildman–Crippen MR) is 102 cm³/mol.